The van der Waals surface area contributed by atoms with Gasteiger partial charge >= 0.3 is 0 Å². The average Bonchev–Trinajstić information content (AvgIpc) is 3.31. The Bertz CT molecular complexity index is 1400. The first kappa shape index (κ1) is 24.1. The molecule has 0 aliphatic carbocycles. The van der Waals surface area contributed by atoms with Crippen molar-refractivity contribution in [2.24, 2.45) is 0 Å². The summed E-state index contributed by atoms with van der Waals surface area (Å²) in [6, 6.07) is 24.3. The van der Waals surface area contributed by atoms with Gasteiger partial charge in [-0.15, -0.1) is 5.10 Å². The summed E-state index contributed by atoms with van der Waals surface area (Å²) in [6.07, 6.45) is 0. The van der Waals surface area contributed by atoms with Crippen LogP contribution in [0, 0.1) is 17.0 Å². The SMILES string of the molecule is Cc1c(C(=O)Nc2ccc(N3CCN(Cc4ccccc4)CC3)cc2)nnn1-c1cccc([N+](=O)[O-])c1. The average molecular weight is 498 g/mol. The van der Waals surface area contributed by atoms with Crippen LogP contribution in [-0.4, -0.2) is 56.9 Å². The van der Waals surface area contributed by atoms with Gasteiger partial charge in [-0.1, -0.05) is 41.6 Å². The van der Waals surface area contributed by atoms with E-state index in [2.05, 4.69) is 49.7 Å². The second-order valence-corrected chi connectivity index (χ2v) is 8.96. The minimum atomic E-state index is -0.475. The molecule has 10 nitrogen and oxygen atoms in total. The molecule has 2 heterocycles. The molecule has 1 aliphatic rings. The van der Waals surface area contributed by atoms with E-state index >= 15 is 0 Å². The van der Waals surface area contributed by atoms with Crippen molar-refractivity contribution in [3.8, 4) is 5.69 Å². The molecule has 3 aromatic carbocycles. The van der Waals surface area contributed by atoms with E-state index in [4.69, 9.17) is 0 Å². The molecule has 4 aromatic rings. The molecule has 1 amide bonds. The molecule has 37 heavy (non-hydrogen) atoms. The largest absolute Gasteiger partial charge is 0.369 e. The molecule has 1 aliphatic heterocycles. The molecule has 1 saturated heterocycles. The monoisotopic (exact) mass is 497 g/mol. The van der Waals surface area contributed by atoms with Gasteiger partial charge in [-0.25, -0.2) is 4.68 Å². The molecule has 1 aromatic heterocycles. The van der Waals surface area contributed by atoms with Crippen molar-refractivity contribution < 1.29 is 9.72 Å². The predicted molar refractivity (Wildman–Crippen MR) is 141 cm³/mol. The number of carbonyl (C=O) groups excluding carboxylic acids is 1. The quantitative estimate of drug-likeness (QED) is 0.303. The maximum atomic E-state index is 12.9. The standard InChI is InChI=1S/C27H27N7O3/c1-20-26(29-30-33(20)24-8-5-9-25(18-24)34(36)37)27(35)28-22-10-12-23(13-11-22)32-16-14-31(15-17-32)19-21-6-3-2-4-7-21/h2-13,18H,14-17,19H2,1H3,(H,28,35). The number of rotatable bonds is 7. The van der Waals surface area contributed by atoms with Crippen molar-refractivity contribution in [1.29, 1.82) is 0 Å². The van der Waals surface area contributed by atoms with Crippen LogP contribution >= 0.6 is 0 Å². The smallest absolute Gasteiger partial charge is 0.278 e. The summed E-state index contributed by atoms with van der Waals surface area (Å²) in [7, 11) is 0. The van der Waals surface area contributed by atoms with Crippen LogP contribution in [-0.2, 0) is 6.54 Å². The predicted octanol–water partition coefficient (Wildman–Crippen LogP) is 4.06. The van der Waals surface area contributed by atoms with Crippen LogP contribution in [0.4, 0.5) is 17.1 Å². The Morgan fingerprint density at radius 2 is 1.68 bits per heavy atom. The first-order valence-electron chi connectivity index (χ1n) is 12.1. The highest BCUT2D eigenvalue weighted by molar-refractivity contribution is 6.03. The fourth-order valence-corrected chi connectivity index (χ4v) is 4.47. The van der Waals surface area contributed by atoms with E-state index in [0.29, 0.717) is 17.1 Å². The van der Waals surface area contributed by atoms with Crippen molar-refractivity contribution in [3.63, 3.8) is 0 Å². The van der Waals surface area contributed by atoms with E-state index in [1.807, 2.05) is 30.3 Å². The molecular weight excluding hydrogens is 470 g/mol. The lowest BCUT2D eigenvalue weighted by atomic mass is 10.2. The van der Waals surface area contributed by atoms with Crippen LogP contribution < -0.4 is 10.2 Å². The second-order valence-electron chi connectivity index (χ2n) is 8.96. The number of benzene rings is 3. The fraction of sp³-hybridized carbons (Fsp3) is 0.222. The van der Waals surface area contributed by atoms with Crippen LogP contribution in [0.1, 0.15) is 21.7 Å². The third-order valence-electron chi connectivity index (χ3n) is 6.51. The maximum Gasteiger partial charge on any atom is 0.278 e. The summed E-state index contributed by atoms with van der Waals surface area (Å²) in [6.45, 7) is 6.54. The summed E-state index contributed by atoms with van der Waals surface area (Å²) in [5, 5.41) is 22.0. The third kappa shape index (κ3) is 5.49. The van der Waals surface area contributed by atoms with E-state index in [1.54, 1.807) is 19.1 Å². The molecule has 0 bridgehead atoms. The lowest BCUT2D eigenvalue weighted by Crippen LogP contribution is -2.45. The zero-order chi connectivity index (χ0) is 25.8. The Hall–Kier alpha value is -4.57. The van der Waals surface area contributed by atoms with Crippen molar-refractivity contribution in [2.45, 2.75) is 13.5 Å². The number of anilines is 2. The first-order valence-corrected chi connectivity index (χ1v) is 12.1. The van der Waals surface area contributed by atoms with Gasteiger partial charge in [-0.3, -0.25) is 19.8 Å². The van der Waals surface area contributed by atoms with Crippen molar-refractivity contribution in [3.05, 3.63) is 106 Å². The summed E-state index contributed by atoms with van der Waals surface area (Å²) in [4.78, 5) is 28.3. The molecule has 10 heteroatoms. The van der Waals surface area contributed by atoms with Crippen LogP contribution in [0.25, 0.3) is 5.69 Å². The number of aromatic nitrogens is 3. The molecule has 0 spiro atoms. The zero-order valence-corrected chi connectivity index (χ0v) is 20.4. The number of carbonyl (C=O) groups is 1. The molecular formula is C27H27N7O3. The van der Waals surface area contributed by atoms with Crippen molar-refractivity contribution >= 4 is 23.0 Å². The molecule has 188 valence electrons. The molecule has 0 unspecified atom stereocenters. The van der Waals surface area contributed by atoms with Gasteiger partial charge in [0.05, 0.1) is 16.3 Å². The number of nitro groups is 1. The van der Waals surface area contributed by atoms with Crippen LogP contribution in [0.15, 0.2) is 78.9 Å². The molecule has 5 rings (SSSR count). The Morgan fingerprint density at radius 1 is 0.946 bits per heavy atom. The van der Waals surface area contributed by atoms with Crippen LogP contribution in [0.5, 0.6) is 0 Å². The summed E-state index contributed by atoms with van der Waals surface area (Å²) in [5.74, 6) is -0.392. The van der Waals surface area contributed by atoms with E-state index in [1.165, 1.54) is 22.4 Å². The highest BCUT2D eigenvalue weighted by Gasteiger charge is 2.20. The van der Waals surface area contributed by atoms with Gasteiger partial charge in [0.2, 0.25) is 0 Å². The highest BCUT2D eigenvalue weighted by atomic mass is 16.6. The molecule has 0 atom stereocenters. The van der Waals surface area contributed by atoms with Crippen LogP contribution in [0.3, 0.4) is 0 Å². The lowest BCUT2D eigenvalue weighted by Gasteiger charge is -2.36. The summed E-state index contributed by atoms with van der Waals surface area (Å²) in [5.41, 5.74) is 4.15. The Balaban J connectivity index is 1.19. The molecule has 1 N–H and O–H groups in total. The van der Waals surface area contributed by atoms with Crippen molar-refractivity contribution in [1.82, 2.24) is 19.9 Å². The maximum absolute atomic E-state index is 12.9. The number of piperazine rings is 1. The van der Waals surface area contributed by atoms with Gasteiger partial charge in [0.15, 0.2) is 5.69 Å². The number of nitro benzene ring substituents is 1. The summed E-state index contributed by atoms with van der Waals surface area (Å²) >= 11 is 0. The van der Waals surface area contributed by atoms with Crippen molar-refractivity contribution in [2.75, 3.05) is 36.4 Å². The Morgan fingerprint density at radius 3 is 2.38 bits per heavy atom. The topological polar surface area (TPSA) is 109 Å². The minimum absolute atomic E-state index is 0.0592. The lowest BCUT2D eigenvalue weighted by molar-refractivity contribution is -0.384. The molecule has 1 fully saturated rings. The Labute approximate surface area is 214 Å². The van der Waals surface area contributed by atoms with Crippen LogP contribution in [0.2, 0.25) is 0 Å². The van der Waals surface area contributed by atoms with E-state index in [9.17, 15) is 14.9 Å². The zero-order valence-electron chi connectivity index (χ0n) is 20.4. The van der Waals surface area contributed by atoms with Gasteiger partial charge in [-0.2, -0.15) is 0 Å². The van der Waals surface area contributed by atoms with Gasteiger partial charge in [0.1, 0.15) is 0 Å². The van der Waals surface area contributed by atoms with Gasteiger partial charge in [0.25, 0.3) is 11.6 Å². The van der Waals surface area contributed by atoms with E-state index in [-0.39, 0.29) is 11.4 Å². The summed E-state index contributed by atoms with van der Waals surface area (Å²) < 4.78 is 1.42. The number of amides is 1. The van der Waals surface area contributed by atoms with Gasteiger partial charge in [-0.05, 0) is 42.8 Å². The number of nitrogens with one attached hydrogen (secondary N) is 1. The van der Waals surface area contributed by atoms with E-state index < -0.39 is 10.8 Å². The normalized spacial score (nSPS) is 13.9. The Kier molecular flexibility index (Phi) is 6.91. The first-order chi connectivity index (χ1) is 18.0. The van der Waals surface area contributed by atoms with Gasteiger partial charge in [0, 0.05) is 56.2 Å². The number of hydrogen-bond acceptors (Lipinski definition) is 7. The highest BCUT2D eigenvalue weighted by Crippen LogP contribution is 2.22. The third-order valence-corrected chi connectivity index (χ3v) is 6.51. The number of non-ortho nitro benzene ring substituents is 1. The molecule has 0 radical (unpaired) electrons. The molecule has 0 saturated carbocycles. The second kappa shape index (κ2) is 10.6. The van der Waals surface area contributed by atoms with E-state index in [0.717, 1.165) is 38.4 Å². The number of nitrogens with zero attached hydrogens (tertiary/aromatic N) is 6. The number of hydrogen-bond donors (Lipinski definition) is 1. The minimum Gasteiger partial charge on any atom is -0.369 e. The fourth-order valence-electron chi connectivity index (χ4n) is 4.47. The van der Waals surface area contributed by atoms with Gasteiger partial charge < -0.3 is 10.2 Å².